The van der Waals surface area contributed by atoms with Crippen molar-refractivity contribution >= 4 is 11.6 Å². The first kappa shape index (κ1) is 15.0. The average molecular weight is 320 g/mol. The minimum atomic E-state index is -0.490. The Morgan fingerprint density at radius 2 is 2.08 bits per heavy atom. The molecule has 0 bridgehead atoms. The molecule has 4 rings (SSSR count). The van der Waals surface area contributed by atoms with Crippen LogP contribution in [0.5, 0.6) is 5.75 Å². The Hall–Kier alpha value is -2.52. The minimum absolute atomic E-state index is 0.0443. The van der Waals surface area contributed by atoms with Gasteiger partial charge in [0, 0.05) is 11.5 Å². The minimum Gasteiger partial charge on any atom is -0.497 e. The summed E-state index contributed by atoms with van der Waals surface area (Å²) >= 11 is 0. The van der Waals surface area contributed by atoms with Crippen molar-refractivity contribution in [2.24, 2.45) is 5.92 Å². The van der Waals surface area contributed by atoms with Crippen LogP contribution in [0, 0.1) is 5.92 Å². The van der Waals surface area contributed by atoms with E-state index in [1.165, 1.54) is 5.56 Å². The predicted octanol–water partition coefficient (Wildman–Crippen LogP) is 4.33. The number of fused-ring (bicyclic) bond motifs is 2. The molecule has 0 unspecified atom stereocenters. The predicted molar refractivity (Wildman–Crippen MR) is 94.3 cm³/mol. The summed E-state index contributed by atoms with van der Waals surface area (Å²) in [4.78, 5) is 0. The molecule has 0 saturated heterocycles. The largest absolute Gasteiger partial charge is 0.497 e. The van der Waals surface area contributed by atoms with E-state index < -0.39 is 6.10 Å². The molecule has 2 aromatic carbocycles. The van der Waals surface area contributed by atoms with E-state index in [4.69, 9.17) is 9.47 Å². The fourth-order valence-corrected chi connectivity index (χ4v) is 3.51. The van der Waals surface area contributed by atoms with Crippen molar-refractivity contribution in [3.8, 4) is 5.75 Å². The van der Waals surface area contributed by atoms with Crippen molar-refractivity contribution in [1.29, 1.82) is 0 Å². The number of ether oxygens (including phenoxy) is 2. The van der Waals surface area contributed by atoms with Crippen LogP contribution in [-0.4, -0.2) is 12.2 Å². The number of aliphatic hydroxyl groups excluding tert-OH is 1. The third kappa shape index (κ3) is 2.61. The Bertz CT molecular complexity index is 820. The molecule has 24 heavy (non-hydrogen) atoms. The van der Waals surface area contributed by atoms with E-state index >= 15 is 0 Å². The summed E-state index contributed by atoms with van der Waals surface area (Å²) < 4.78 is 10.9. The topological polar surface area (TPSA) is 38.7 Å². The Morgan fingerprint density at radius 3 is 2.96 bits per heavy atom. The van der Waals surface area contributed by atoms with Gasteiger partial charge in [-0.15, -0.1) is 0 Å². The molecule has 1 N–H and O–H groups in total. The van der Waals surface area contributed by atoms with Gasteiger partial charge in [-0.3, -0.25) is 0 Å². The van der Waals surface area contributed by atoms with Crippen LogP contribution >= 0.6 is 0 Å². The number of hydrogen-bond donors (Lipinski definition) is 1. The normalized spacial score (nSPS) is 21.3. The maximum atomic E-state index is 10.7. The van der Waals surface area contributed by atoms with Gasteiger partial charge < -0.3 is 14.6 Å². The van der Waals surface area contributed by atoms with Crippen molar-refractivity contribution in [1.82, 2.24) is 0 Å². The highest BCUT2D eigenvalue weighted by molar-refractivity contribution is 5.70. The third-order valence-corrected chi connectivity index (χ3v) is 4.82. The van der Waals surface area contributed by atoms with Crippen LogP contribution in [0.1, 0.15) is 34.8 Å². The zero-order valence-corrected chi connectivity index (χ0v) is 13.6. The van der Waals surface area contributed by atoms with Crippen LogP contribution < -0.4 is 4.74 Å². The summed E-state index contributed by atoms with van der Waals surface area (Å²) in [6.07, 6.45) is 6.29. The zero-order valence-electron chi connectivity index (χ0n) is 13.6. The first-order valence-corrected chi connectivity index (χ1v) is 8.19. The van der Waals surface area contributed by atoms with Gasteiger partial charge >= 0.3 is 0 Å². The van der Waals surface area contributed by atoms with E-state index in [-0.39, 0.29) is 5.92 Å². The molecule has 1 heterocycles. The van der Waals surface area contributed by atoms with Gasteiger partial charge in [0.15, 0.2) is 0 Å². The zero-order chi connectivity index (χ0) is 16.5. The lowest BCUT2D eigenvalue weighted by atomic mass is 9.81. The Kier molecular flexibility index (Phi) is 3.87. The number of aliphatic hydroxyl groups is 1. The molecule has 0 saturated carbocycles. The highest BCUT2D eigenvalue weighted by Crippen LogP contribution is 2.39. The maximum absolute atomic E-state index is 10.7. The molecule has 0 aromatic heterocycles. The molecule has 0 amide bonds. The van der Waals surface area contributed by atoms with E-state index in [1.807, 2.05) is 42.7 Å². The lowest BCUT2D eigenvalue weighted by Crippen LogP contribution is -2.16. The highest BCUT2D eigenvalue weighted by Gasteiger charge is 2.26. The molecule has 2 aliphatic rings. The first-order valence-electron chi connectivity index (χ1n) is 8.19. The second-order valence-corrected chi connectivity index (χ2v) is 6.28. The molecular weight excluding hydrogens is 300 g/mol. The van der Waals surface area contributed by atoms with E-state index in [9.17, 15) is 5.11 Å². The number of allylic oxidation sites excluding steroid dienone is 1. The van der Waals surface area contributed by atoms with E-state index in [1.54, 1.807) is 7.11 Å². The fourth-order valence-electron chi connectivity index (χ4n) is 3.51. The van der Waals surface area contributed by atoms with Crippen LogP contribution in [0.15, 0.2) is 54.8 Å². The summed E-state index contributed by atoms with van der Waals surface area (Å²) in [5.41, 5.74) is 5.52. The Labute approximate surface area is 141 Å². The molecule has 2 atom stereocenters. The quantitative estimate of drug-likeness (QED) is 0.914. The van der Waals surface area contributed by atoms with Gasteiger partial charge in [0.25, 0.3) is 0 Å². The average Bonchev–Trinajstić information content (AvgIpc) is 2.64. The van der Waals surface area contributed by atoms with Crippen LogP contribution in [0.2, 0.25) is 0 Å². The molecule has 3 nitrogen and oxygen atoms in total. The van der Waals surface area contributed by atoms with Gasteiger partial charge in [-0.25, -0.2) is 0 Å². The summed E-state index contributed by atoms with van der Waals surface area (Å²) in [6.45, 7) is 0.557. The molecule has 2 aromatic rings. The van der Waals surface area contributed by atoms with Crippen molar-refractivity contribution in [3.63, 3.8) is 0 Å². The van der Waals surface area contributed by atoms with Gasteiger partial charge in [-0.2, -0.15) is 0 Å². The van der Waals surface area contributed by atoms with Crippen molar-refractivity contribution in [2.45, 2.75) is 19.1 Å². The van der Waals surface area contributed by atoms with Crippen LogP contribution in [-0.2, 0) is 11.3 Å². The molecule has 0 fully saturated rings. The van der Waals surface area contributed by atoms with Crippen LogP contribution in [0.4, 0.5) is 0 Å². The third-order valence-electron chi connectivity index (χ3n) is 4.82. The number of benzene rings is 2. The van der Waals surface area contributed by atoms with Crippen molar-refractivity contribution in [3.05, 3.63) is 77.1 Å². The molecule has 0 radical (unpaired) electrons. The van der Waals surface area contributed by atoms with Crippen molar-refractivity contribution < 1.29 is 14.6 Å². The van der Waals surface area contributed by atoms with Gasteiger partial charge in [0.1, 0.15) is 12.4 Å². The summed E-state index contributed by atoms with van der Waals surface area (Å²) in [6, 6.07) is 14.1. The summed E-state index contributed by atoms with van der Waals surface area (Å²) in [7, 11) is 1.67. The Morgan fingerprint density at radius 1 is 1.21 bits per heavy atom. The van der Waals surface area contributed by atoms with Crippen molar-refractivity contribution in [2.75, 3.05) is 7.11 Å². The second kappa shape index (κ2) is 6.17. The van der Waals surface area contributed by atoms with Crippen LogP contribution in [0.3, 0.4) is 0 Å². The van der Waals surface area contributed by atoms with Gasteiger partial charge in [0.05, 0.1) is 19.5 Å². The van der Waals surface area contributed by atoms with Gasteiger partial charge in [0.2, 0.25) is 0 Å². The molecular formula is C21H20O3. The lowest BCUT2D eigenvalue weighted by molar-refractivity contribution is 0.131. The second-order valence-electron chi connectivity index (χ2n) is 6.28. The highest BCUT2D eigenvalue weighted by atomic mass is 16.5. The first-order chi connectivity index (χ1) is 11.8. The fraction of sp³-hybridized carbons (Fsp3) is 0.238. The number of methoxy groups -OCH3 is 1. The standard InChI is InChI=1S/C21H20O3/c1-23-18-8-9-19-16(12-24-13-17(19)11-18)10-15-7-6-14-4-2-3-5-20(14)21(15)22/h2-9,11-12,15,21-22H,10,13H2,1H3/t15-,21+/m0/s1. The monoisotopic (exact) mass is 320 g/mol. The van der Waals surface area contributed by atoms with Crippen LogP contribution in [0.25, 0.3) is 11.6 Å². The molecule has 0 spiro atoms. The SMILES string of the molecule is COc1ccc2c(c1)COC=C2C[C@@H]1C=Cc2ccccc2[C@@H]1O. The molecule has 3 heteroatoms. The Balaban J connectivity index is 1.60. The molecule has 122 valence electrons. The van der Waals surface area contributed by atoms with Gasteiger partial charge in [-0.05, 0) is 40.8 Å². The molecule has 1 aliphatic carbocycles. The summed E-state index contributed by atoms with van der Waals surface area (Å²) in [5.74, 6) is 0.882. The molecule has 1 aliphatic heterocycles. The van der Waals surface area contributed by atoms with E-state index in [0.717, 1.165) is 34.4 Å². The number of hydrogen-bond acceptors (Lipinski definition) is 3. The summed E-state index contributed by atoms with van der Waals surface area (Å²) in [5, 5.41) is 10.7. The van der Waals surface area contributed by atoms with Gasteiger partial charge in [-0.1, -0.05) is 42.5 Å². The van der Waals surface area contributed by atoms with E-state index in [0.29, 0.717) is 6.61 Å². The van der Waals surface area contributed by atoms with E-state index in [2.05, 4.69) is 18.2 Å². The number of rotatable bonds is 3. The maximum Gasteiger partial charge on any atom is 0.119 e. The smallest absolute Gasteiger partial charge is 0.119 e. The lowest BCUT2D eigenvalue weighted by Gasteiger charge is -2.28.